The molecule has 1 aromatic rings. The van der Waals surface area contributed by atoms with E-state index in [2.05, 4.69) is 0 Å². The summed E-state index contributed by atoms with van der Waals surface area (Å²) in [4.78, 5) is 33.6. The second-order valence-electron chi connectivity index (χ2n) is 3.32. The fourth-order valence-electron chi connectivity index (χ4n) is 1.06. The van der Waals surface area contributed by atoms with Gasteiger partial charge in [-0.2, -0.15) is 0 Å². The SMILES string of the molecule is Cc1cccc(OC(=O)N(C)C(=O)C(=O)Cl)c1. The molecule has 17 heavy (non-hydrogen) atoms. The van der Waals surface area contributed by atoms with Gasteiger partial charge in [0.2, 0.25) is 0 Å². The summed E-state index contributed by atoms with van der Waals surface area (Å²) in [5.74, 6) is -0.846. The number of benzene rings is 1. The molecule has 0 aliphatic rings. The number of likely N-dealkylation sites (N-methyl/N-ethyl adjacent to an activating group) is 1. The molecule has 0 fully saturated rings. The summed E-state index contributed by atoms with van der Waals surface area (Å²) in [6, 6.07) is 6.71. The van der Waals surface area contributed by atoms with Crippen LogP contribution in [0.3, 0.4) is 0 Å². The number of halogens is 1. The van der Waals surface area contributed by atoms with E-state index in [1.807, 2.05) is 13.0 Å². The number of imide groups is 1. The zero-order valence-corrected chi connectivity index (χ0v) is 10.0. The number of hydrogen-bond acceptors (Lipinski definition) is 4. The Morgan fingerprint density at radius 1 is 1.29 bits per heavy atom. The maximum Gasteiger partial charge on any atom is 0.422 e. The third-order valence-corrected chi connectivity index (χ3v) is 2.10. The molecule has 2 amide bonds. The van der Waals surface area contributed by atoms with E-state index in [-0.39, 0.29) is 5.75 Å². The van der Waals surface area contributed by atoms with Gasteiger partial charge in [0.15, 0.2) is 0 Å². The van der Waals surface area contributed by atoms with Crippen LogP contribution in [-0.2, 0) is 9.59 Å². The summed E-state index contributed by atoms with van der Waals surface area (Å²) >= 11 is 4.96. The molecule has 90 valence electrons. The van der Waals surface area contributed by atoms with Crippen molar-refractivity contribution in [3.05, 3.63) is 29.8 Å². The highest BCUT2D eigenvalue weighted by Crippen LogP contribution is 2.13. The largest absolute Gasteiger partial charge is 0.422 e. The quantitative estimate of drug-likeness (QED) is 0.596. The molecular weight excluding hydrogens is 246 g/mol. The van der Waals surface area contributed by atoms with Crippen LogP contribution in [0.2, 0.25) is 0 Å². The van der Waals surface area contributed by atoms with Crippen LogP contribution >= 0.6 is 11.6 Å². The van der Waals surface area contributed by atoms with Crippen LogP contribution in [0.5, 0.6) is 5.75 Å². The molecule has 0 unspecified atom stereocenters. The minimum atomic E-state index is -1.24. The van der Waals surface area contributed by atoms with Crippen LogP contribution in [0.25, 0.3) is 0 Å². The number of aryl methyl sites for hydroxylation is 1. The third-order valence-electron chi connectivity index (χ3n) is 1.94. The molecule has 0 bridgehead atoms. The Morgan fingerprint density at radius 2 is 1.94 bits per heavy atom. The topological polar surface area (TPSA) is 63.7 Å². The Morgan fingerprint density at radius 3 is 2.47 bits per heavy atom. The van der Waals surface area contributed by atoms with E-state index in [1.54, 1.807) is 18.2 Å². The van der Waals surface area contributed by atoms with Crippen LogP contribution in [0.4, 0.5) is 4.79 Å². The first-order valence-corrected chi connectivity index (χ1v) is 5.05. The van der Waals surface area contributed by atoms with Gasteiger partial charge in [0, 0.05) is 7.05 Å². The number of rotatable bonds is 2. The molecular formula is C11H10ClNO4. The molecule has 0 atom stereocenters. The lowest BCUT2D eigenvalue weighted by Crippen LogP contribution is -2.38. The Bertz CT molecular complexity index is 472. The van der Waals surface area contributed by atoms with E-state index in [9.17, 15) is 14.4 Å². The normalized spacial score (nSPS) is 9.59. The fraction of sp³-hybridized carbons (Fsp3) is 0.182. The van der Waals surface area contributed by atoms with Crippen molar-refractivity contribution in [3.63, 3.8) is 0 Å². The molecule has 0 saturated carbocycles. The molecule has 0 aliphatic carbocycles. The van der Waals surface area contributed by atoms with Crippen molar-refractivity contribution < 1.29 is 19.1 Å². The zero-order valence-electron chi connectivity index (χ0n) is 9.27. The van der Waals surface area contributed by atoms with Gasteiger partial charge < -0.3 is 4.74 Å². The minimum absolute atomic E-state index is 0.289. The van der Waals surface area contributed by atoms with Crippen LogP contribution < -0.4 is 4.74 Å². The molecule has 0 aromatic heterocycles. The molecule has 6 heteroatoms. The lowest BCUT2D eigenvalue weighted by Gasteiger charge is -2.12. The fourth-order valence-corrected chi connectivity index (χ4v) is 1.19. The van der Waals surface area contributed by atoms with E-state index in [0.717, 1.165) is 12.6 Å². The van der Waals surface area contributed by atoms with Crippen LogP contribution in [0, 0.1) is 6.92 Å². The van der Waals surface area contributed by atoms with Crippen molar-refractivity contribution in [1.29, 1.82) is 0 Å². The lowest BCUT2D eigenvalue weighted by atomic mass is 10.2. The van der Waals surface area contributed by atoms with Gasteiger partial charge in [-0.1, -0.05) is 12.1 Å². The molecule has 1 aromatic carbocycles. The Hall–Kier alpha value is -1.88. The van der Waals surface area contributed by atoms with E-state index < -0.39 is 17.2 Å². The average Bonchev–Trinajstić information content (AvgIpc) is 2.26. The molecule has 5 nitrogen and oxygen atoms in total. The number of amides is 2. The van der Waals surface area contributed by atoms with Gasteiger partial charge >= 0.3 is 17.2 Å². The second-order valence-corrected chi connectivity index (χ2v) is 3.67. The van der Waals surface area contributed by atoms with Crippen molar-refractivity contribution in [2.45, 2.75) is 6.92 Å². The Balaban J connectivity index is 2.73. The summed E-state index contributed by atoms with van der Waals surface area (Å²) in [7, 11) is 1.11. The number of carbonyl (C=O) groups is 3. The Kier molecular flexibility index (Phi) is 4.23. The first-order valence-electron chi connectivity index (χ1n) is 4.68. The Labute approximate surface area is 103 Å². The molecule has 1 rings (SSSR count). The molecule has 0 aliphatic heterocycles. The van der Waals surface area contributed by atoms with Gasteiger partial charge in [-0.25, -0.2) is 9.69 Å². The first kappa shape index (κ1) is 13.2. The van der Waals surface area contributed by atoms with Crippen LogP contribution in [0.1, 0.15) is 5.56 Å². The van der Waals surface area contributed by atoms with E-state index >= 15 is 0 Å². The maximum absolute atomic E-state index is 11.4. The van der Waals surface area contributed by atoms with Crippen molar-refractivity contribution in [2.24, 2.45) is 0 Å². The van der Waals surface area contributed by atoms with Crippen LogP contribution in [-0.4, -0.2) is 29.2 Å². The number of hydrogen-bond donors (Lipinski definition) is 0. The average molecular weight is 256 g/mol. The van der Waals surface area contributed by atoms with Gasteiger partial charge in [0.1, 0.15) is 5.75 Å². The first-order chi connectivity index (χ1) is 7.91. The summed E-state index contributed by atoms with van der Waals surface area (Å²) < 4.78 is 4.88. The van der Waals surface area contributed by atoms with E-state index in [0.29, 0.717) is 4.90 Å². The number of carbonyl (C=O) groups excluding carboxylic acids is 3. The summed E-state index contributed by atoms with van der Waals surface area (Å²) in [5, 5.41) is -1.24. The maximum atomic E-state index is 11.4. The van der Waals surface area contributed by atoms with Gasteiger partial charge in [-0.05, 0) is 36.2 Å². The number of nitrogens with zero attached hydrogens (tertiary/aromatic N) is 1. The molecule has 0 heterocycles. The highest BCUT2D eigenvalue weighted by atomic mass is 35.5. The molecule has 0 saturated heterocycles. The standard InChI is InChI=1S/C11H10ClNO4/c1-7-4-3-5-8(6-7)17-11(16)13(2)10(15)9(12)14/h3-6H,1-2H3. The van der Waals surface area contributed by atoms with E-state index in [1.165, 1.54) is 0 Å². The van der Waals surface area contributed by atoms with Gasteiger partial charge in [0.25, 0.3) is 0 Å². The minimum Gasteiger partial charge on any atom is -0.410 e. The van der Waals surface area contributed by atoms with Crippen molar-refractivity contribution in [1.82, 2.24) is 4.90 Å². The summed E-state index contributed by atoms with van der Waals surface area (Å²) in [6.07, 6.45) is -0.963. The van der Waals surface area contributed by atoms with Crippen molar-refractivity contribution in [2.75, 3.05) is 7.05 Å². The van der Waals surface area contributed by atoms with Crippen molar-refractivity contribution >= 4 is 28.8 Å². The third kappa shape index (κ3) is 3.57. The zero-order chi connectivity index (χ0) is 13.0. The lowest BCUT2D eigenvalue weighted by molar-refractivity contribution is -0.138. The highest BCUT2D eigenvalue weighted by Gasteiger charge is 2.23. The predicted octanol–water partition coefficient (Wildman–Crippen LogP) is 1.72. The molecule has 0 N–H and O–H groups in total. The monoisotopic (exact) mass is 255 g/mol. The smallest absolute Gasteiger partial charge is 0.410 e. The molecule has 0 spiro atoms. The van der Waals surface area contributed by atoms with Gasteiger partial charge in [0.05, 0.1) is 0 Å². The van der Waals surface area contributed by atoms with Crippen LogP contribution in [0.15, 0.2) is 24.3 Å². The van der Waals surface area contributed by atoms with Gasteiger partial charge in [-0.3, -0.25) is 9.59 Å². The summed E-state index contributed by atoms with van der Waals surface area (Å²) in [6.45, 7) is 1.83. The summed E-state index contributed by atoms with van der Waals surface area (Å²) in [5.41, 5.74) is 0.901. The molecule has 0 radical (unpaired) electrons. The predicted molar refractivity (Wildman–Crippen MR) is 60.8 cm³/mol. The second kappa shape index (κ2) is 5.45. The van der Waals surface area contributed by atoms with E-state index in [4.69, 9.17) is 16.3 Å². The number of ether oxygens (including phenoxy) is 1. The highest BCUT2D eigenvalue weighted by molar-refractivity contribution is 6.81. The van der Waals surface area contributed by atoms with Crippen molar-refractivity contribution in [3.8, 4) is 5.75 Å². The van der Waals surface area contributed by atoms with Gasteiger partial charge in [-0.15, -0.1) is 0 Å².